The molecular weight excluding hydrogens is 212 g/mol. The van der Waals surface area contributed by atoms with Gasteiger partial charge in [0.1, 0.15) is 6.33 Å². The summed E-state index contributed by atoms with van der Waals surface area (Å²) in [4.78, 5) is 14.6. The van der Waals surface area contributed by atoms with E-state index in [4.69, 9.17) is 10.8 Å². The zero-order chi connectivity index (χ0) is 11.7. The fraction of sp³-hybridized carbons (Fsp3) is 0.667. The summed E-state index contributed by atoms with van der Waals surface area (Å²) in [6.45, 7) is 0.0466. The van der Waals surface area contributed by atoms with E-state index >= 15 is 0 Å². The van der Waals surface area contributed by atoms with Gasteiger partial charge >= 0.3 is 0 Å². The van der Waals surface area contributed by atoms with Crippen LogP contribution >= 0.6 is 0 Å². The molecule has 0 bridgehead atoms. The van der Waals surface area contributed by atoms with Gasteiger partial charge < -0.3 is 15.9 Å². The molecule has 2 rings (SSSR count). The minimum Gasteiger partial charge on any atom is -0.396 e. The van der Waals surface area contributed by atoms with Crippen molar-refractivity contribution in [3.05, 3.63) is 12.2 Å². The molecule has 7 nitrogen and oxygen atoms in total. The van der Waals surface area contributed by atoms with Gasteiger partial charge in [0.25, 0.3) is 5.91 Å². The molecule has 0 aliphatic heterocycles. The highest BCUT2D eigenvalue weighted by Crippen LogP contribution is 2.33. The Balaban J connectivity index is 2.15. The lowest BCUT2D eigenvalue weighted by atomic mass is 10.1. The first-order chi connectivity index (χ1) is 7.61. The van der Waals surface area contributed by atoms with Crippen LogP contribution in [0.2, 0.25) is 0 Å². The topological polar surface area (TPSA) is 114 Å². The van der Waals surface area contributed by atoms with Crippen molar-refractivity contribution in [3.63, 3.8) is 0 Å². The van der Waals surface area contributed by atoms with Crippen LogP contribution in [0.4, 0.5) is 0 Å². The van der Waals surface area contributed by atoms with Gasteiger partial charge in [-0.1, -0.05) is 0 Å². The fourth-order valence-corrected chi connectivity index (χ4v) is 2.07. The van der Waals surface area contributed by atoms with Gasteiger partial charge in [0.15, 0.2) is 0 Å². The Bertz CT molecular complexity index is 392. The molecule has 0 saturated heterocycles. The molecule has 0 radical (unpaired) electrons. The summed E-state index contributed by atoms with van der Waals surface area (Å²) in [7, 11) is 0. The van der Waals surface area contributed by atoms with Crippen molar-refractivity contribution < 1.29 is 15.0 Å². The molecule has 1 heterocycles. The lowest BCUT2D eigenvalue weighted by Crippen LogP contribution is -2.20. The van der Waals surface area contributed by atoms with Crippen LogP contribution in [0.3, 0.4) is 0 Å². The first-order valence-corrected chi connectivity index (χ1v) is 5.11. The second kappa shape index (κ2) is 4.18. The molecule has 0 aromatic carbocycles. The van der Waals surface area contributed by atoms with E-state index in [0.29, 0.717) is 12.8 Å². The predicted octanol–water partition coefficient (Wildman–Crippen LogP) is -1.32. The quantitative estimate of drug-likeness (QED) is 0.591. The molecule has 3 atom stereocenters. The maximum Gasteiger partial charge on any atom is 0.288 e. The molecule has 1 aliphatic carbocycles. The van der Waals surface area contributed by atoms with Crippen molar-refractivity contribution in [3.8, 4) is 0 Å². The van der Waals surface area contributed by atoms with Gasteiger partial charge in [0, 0.05) is 6.61 Å². The van der Waals surface area contributed by atoms with E-state index in [1.807, 2.05) is 0 Å². The van der Waals surface area contributed by atoms with E-state index in [9.17, 15) is 9.90 Å². The summed E-state index contributed by atoms with van der Waals surface area (Å²) in [5.74, 6) is -0.675. The van der Waals surface area contributed by atoms with Gasteiger partial charge in [-0.2, -0.15) is 0 Å². The highest BCUT2D eigenvalue weighted by atomic mass is 16.3. The number of carbonyl (C=O) groups excluding carboxylic acids is 1. The summed E-state index contributed by atoms with van der Waals surface area (Å²) in [6.07, 6.45) is 1.97. The summed E-state index contributed by atoms with van der Waals surface area (Å²) < 4.78 is 1.44. The number of rotatable bonds is 3. The van der Waals surface area contributed by atoms with Gasteiger partial charge in [0.05, 0.1) is 12.1 Å². The zero-order valence-corrected chi connectivity index (χ0v) is 8.65. The number of amides is 1. The average Bonchev–Trinajstić information content (AvgIpc) is 2.83. The summed E-state index contributed by atoms with van der Waals surface area (Å²) in [6, 6.07) is -0.238. The molecule has 88 valence electrons. The number of nitrogens with two attached hydrogens (primary N) is 1. The number of primary amides is 1. The van der Waals surface area contributed by atoms with Gasteiger partial charge in [-0.15, -0.1) is 5.10 Å². The standard InChI is InChI=1S/C9H14N4O3/c10-8(16)9-11-4-13(12-9)6-1-5(3-14)2-7(6)15/h4-7,14-15H,1-3H2,(H2,10,16)/t5-,6+,7-/m1/s1. The molecule has 7 heteroatoms. The normalized spacial score (nSPS) is 29.5. The van der Waals surface area contributed by atoms with E-state index in [0.717, 1.165) is 0 Å². The smallest absolute Gasteiger partial charge is 0.288 e. The van der Waals surface area contributed by atoms with E-state index in [2.05, 4.69) is 10.1 Å². The average molecular weight is 226 g/mol. The molecule has 1 fully saturated rings. The SMILES string of the molecule is NC(=O)c1ncn([C@H]2C[C@@H](CO)C[C@H]2O)n1. The van der Waals surface area contributed by atoms with Gasteiger partial charge in [-0.3, -0.25) is 4.79 Å². The van der Waals surface area contributed by atoms with Crippen LogP contribution < -0.4 is 5.73 Å². The lowest BCUT2D eigenvalue weighted by Gasteiger charge is -2.13. The first-order valence-electron chi connectivity index (χ1n) is 5.11. The third kappa shape index (κ3) is 1.91. The monoisotopic (exact) mass is 226 g/mol. The number of hydrogen-bond donors (Lipinski definition) is 3. The second-order valence-corrected chi connectivity index (χ2v) is 4.07. The van der Waals surface area contributed by atoms with Crippen LogP contribution in [-0.4, -0.2) is 43.6 Å². The third-order valence-electron chi connectivity index (χ3n) is 2.92. The Hall–Kier alpha value is -1.47. The summed E-state index contributed by atoms with van der Waals surface area (Å²) in [5, 5.41) is 22.7. The number of aliphatic hydroxyl groups excluding tert-OH is 2. The highest BCUT2D eigenvalue weighted by molar-refractivity contribution is 5.88. The third-order valence-corrected chi connectivity index (χ3v) is 2.92. The van der Waals surface area contributed by atoms with Crippen molar-refractivity contribution in [2.75, 3.05) is 6.61 Å². The molecule has 1 aromatic heterocycles. The second-order valence-electron chi connectivity index (χ2n) is 4.07. The Kier molecular flexibility index (Phi) is 2.88. The zero-order valence-electron chi connectivity index (χ0n) is 8.65. The fourth-order valence-electron chi connectivity index (χ4n) is 2.07. The van der Waals surface area contributed by atoms with Gasteiger partial charge in [-0.25, -0.2) is 9.67 Å². The van der Waals surface area contributed by atoms with Crippen LogP contribution in [0, 0.1) is 5.92 Å². The molecule has 0 spiro atoms. The Labute approximate surface area is 91.9 Å². The molecular formula is C9H14N4O3. The minimum atomic E-state index is -0.690. The molecule has 1 aliphatic rings. The highest BCUT2D eigenvalue weighted by Gasteiger charge is 2.34. The van der Waals surface area contributed by atoms with Gasteiger partial charge in [-0.05, 0) is 18.8 Å². The van der Waals surface area contributed by atoms with Crippen molar-refractivity contribution in [1.29, 1.82) is 0 Å². The number of nitrogens with zero attached hydrogens (tertiary/aromatic N) is 3. The Morgan fingerprint density at radius 1 is 1.62 bits per heavy atom. The summed E-state index contributed by atoms with van der Waals surface area (Å²) >= 11 is 0. The van der Waals surface area contributed by atoms with Crippen LogP contribution in [0.25, 0.3) is 0 Å². The molecule has 1 aromatic rings. The number of hydrogen-bond acceptors (Lipinski definition) is 5. The maximum absolute atomic E-state index is 10.8. The van der Waals surface area contributed by atoms with Crippen LogP contribution in [0.5, 0.6) is 0 Å². The first kappa shape index (κ1) is 11.0. The maximum atomic E-state index is 10.8. The van der Waals surface area contributed by atoms with E-state index in [-0.39, 0.29) is 24.4 Å². The lowest BCUT2D eigenvalue weighted by molar-refractivity contribution is 0.0986. The van der Waals surface area contributed by atoms with Crippen molar-refractivity contribution in [2.45, 2.75) is 25.0 Å². The molecule has 1 amide bonds. The molecule has 1 saturated carbocycles. The van der Waals surface area contributed by atoms with Crippen LogP contribution in [0.1, 0.15) is 29.5 Å². The Morgan fingerprint density at radius 3 is 2.88 bits per heavy atom. The summed E-state index contributed by atoms with van der Waals surface area (Å²) in [5.41, 5.74) is 5.03. The van der Waals surface area contributed by atoms with E-state index in [1.54, 1.807) is 0 Å². The molecule has 4 N–H and O–H groups in total. The van der Waals surface area contributed by atoms with Gasteiger partial charge in [0.2, 0.25) is 5.82 Å². The minimum absolute atomic E-state index is 0.0466. The Morgan fingerprint density at radius 2 is 2.38 bits per heavy atom. The largest absolute Gasteiger partial charge is 0.396 e. The molecule has 0 unspecified atom stereocenters. The number of aliphatic hydroxyl groups is 2. The number of aromatic nitrogens is 3. The van der Waals surface area contributed by atoms with Crippen LogP contribution in [0.15, 0.2) is 6.33 Å². The number of carbonyl (C=O) groups is 1. The van der Waals surface area contributed by atoms with E-state index in [1.165, 1.54) is 11.0 Å². The van der Waals surface area contributed by atoms with E-state index < -0.39 is 12.0 Å². The van der Waals surface area contributed by atoms with Crippen LogP contribution in [-0.2, 0) is 0 Å². The van der Waals surface area contributed by atoms with Crippen molar-refractivity contribution in [2.24, 2.45) is 11.7 Å². The van der Waals surface area contributed by atoms with Crippen molar-refractivity contribution in [1.82, 2.24) is 14.8 Å². The van der Waals surface area contributed by atoms with Crippen molar-refractivity contribution >= 4 is 5.91 Å². The molecule has 16 heavy (non-hydrogen) atoms. The predicted molar refractivity (Wildman–Crippen MR) is 53.4 cm³/mol.